The molecule has 3 rings (SSSR count). The Morgan fingerprint density at radius 2 is 2.04 bits per heavy atom. The summed E-state index contributed by atoms with van der Waals surface area (Å²) in [6.45, 7) is 6.94. The molecule has 0 spiro atoms. The van der Waals surface area contributed by atoms with Crippen LogP contribution in [0.15, 0.2) is 29.9 Å². The molecule has 2 aromatic heterocycles. The SMILES string of the molecule is CC(C)Oc1nccnc1N1CCCN(C(=O)c2cccs2)CC1. The van der Waals surface area contributed by atoms with Gasteiger partial charge in [0, 0.05) is 38.6 Å². The average molecular weight is 346 g/mol. The number of aromatic nitrogens is 2. The molecule has 3 heterocycles. The van der Waals surface area contributed by atoms with Gasteiger partial charge >= 0.3 is 0 Å². The van der Waals surface area contributed by atoms with Crippen molar-refractivity contribution in [2.45, 2.75) is 26.4 Å². The first kappa shape index (κ1) is 16.7. The molecule has 6 nitrogen and oxygen atoms in total. The van der Waals surface area contributed by atoms with E-state index >= 15 is 0 Å². The van der Waals surface area contributed by atoms with E-state index in [1.165, 1.54) is 11.3 Å². The average Bonchev–Trinajstić information content (AvgIpc) is 2.99. The number of hydrogen-bond acceptors (Lipinski definition) is 6. The zero-order chi connectivity index (χ0) is 16.9. The molecule has 1 aliphatic rings. The van der Waals surface area contributed by atoms with Crippen LogP contribution in [-0.2, 0) is 0 Å². The van der Waals surface area contributed by atoms with Gasteiger partial charge in [0.05, 0.1) is 11.0 Å². The smallest absolute Gasteiger partial charge is 0.263 e. The number of anilines is 1. The molecular formula is C17H22N4O2S. The number of amides is 1. The molecule has 0 N–H and O–H groups in total. The predicted molar refractivity (Wildman–Crippen MR) is 94.8 cm³/mol. The second kappa shape index (κ2) is 7.61. The van der Waals surface area contributed by atoms with E-state index in [1.807, 2.05) is 36.3 Å². The maximum Gasteiger partial charge on any atom is 0.263 e. The highest BCUT2D eigenvalue weighted by atomic mass is 32.1. The minimum Gasteiger partial charge on any atom is -0.472 e. The summed E-state index contributed by atoms with van der Waals surface area (Å²) in [5, 5.41) is 1.94. The van der Waals surface area contributed by atoms with Crippen molar-refractivity contribution in [3.63, 3.8) is 0 Å². The van der Waals surface area contributed by atoms with E-state index in [0.717, 1.165) is 36.8 Å². The first-order valence-corrected chi connectivity index (χ1v) is 9.08. The van der Waals surface area contributed by atoms with Crippen molar-refractivity contribution >= 4 is 23.1 Å². The molecule has 0 unspecified atom stereocenters. The number of nitrogens with zero attached hydrogens (tertiary/aromatic N) is 4. The molecule has 1 aliphatic heterocycles. The monoisotopic (exact) mass is 346 g/mol. The quantitative estimate of drug-likeness (QED) is 0.852. The standard InChI is InChI=1S/C17H22N4O2S/c1-13(2)23-16-15(18-6-7-19-16)20-8-4-9-21(11-10-20)17(22)14-5-3-12-24-14/h3,5-7,12-13H,4,8-11H2,1-2H3. The van der Waals surface area contributed by atoms with Crippen LogP contribution in [0.25, 0.3) is 0 Å². The lowest BCUT2D eigenvalue weighted by Gasteiger charge is -2.24. The summed E-state index contributed by atoms with van der Waals surface area (Å²) in [5.41, 5.74) is 0. The Kier molecular flexibility index (Phi) is 5.30. The molecule has 2 aromatic rings. The summed E-state index contributed by atoms with van der Waals surface area (Å²) >= 11 is 1.49. The van der Waals surface area contributed by atoms with Crippen LogP contribution in [0.5, 0.6) is 5.88 Å². The van der Waals surface area contributed by atoms with Gasteiger partial charge in [0.15, 0.2) is 5.82 Å². The molecule has 1 saturated heterocycles. The summed E-state index contributed by atoms with van der Waals surface area (Å²) in [6, 6.07) is 3.80. The molecule has 24 heavy (non-hydrogen) atoms. The fourth-order valence-electron chi connectivity index (χ4n) is 2.73. The lowest BCUT2D eigenvalue weighted by Crippen LogP contribution is -2.35. The van der Waals surface area contributed by atoms with E-state index in [2.05, 4.69) is 14.9 Å². The number of ether oxygens (including phenoxy) is 1. The first-order valence-electron chi connectivity index (χ1n) is 8.20. The van der Waals surface area contributed by atoms with Gasteiger partial charge in [0.2, 0.25) is 0 Å². The van der Waals surface area contributed by atoms with Crippen LogP contribution in [-0.4, -0.2) is 53.1 Å². The molecule has 1 amide bonds. The third kappa shape index (κ3) is 3.84. The number of carbonyl (C=O) groups is 1. The summed E-state index contributed by atoms with van der Waals surface area (Å²) < 4.78 is 5.78. The van der Waals surface area contributed by atoms with E-state index in [-0.39, 0.29) is 12.0 Å². The highest BCUT2D eigenvalue weighted by Gasteiger charge is 2.23. The molecular weight excluding hydrogens is 324 g/mol. The highest BCUT2D eigenvalue weighted by Crippen LogP contribution is 2.25. The molecule has 1 fully saturated rings. The summed E-state index contributed by atoms with van der Waals surface area (Å²) in [5.74, 6) is 1.44. The van der Waals surface area contributed by atoms with E-state index in [0.29, 0.717) is 12.4 Å². The molecule has 0 aromatic carbocycles. The van der Waals surface area contributed by atoms with Gasteiger partial charge in [-0.05, 0) is 31.7 Å². The van der Waals surface area contributed by atoms with E-state index in [1.54, 1.807) is 12.4 Å². The zero-order valence-corrected chi connectivity index (χ0v) is 14.8. The van der Waals surface area contributed by atoms with Crippen LogP contribution >= 0.6 is 11.3 Å². The van der Waals surface area contributed by atoms with Crippen molar-refractivity contribution in [3.05, 3.63) is 34.8 Å². The van der Waals surface area contributed by atoms with Gasteiger partial charge in [0.1, 0.15) is 0 Å². The lowest BCUT2D eigenvalue weighted by molar-refractivity contribution is 0.0772. The van der Waals surface area contributed by atoms with Gasteiger partial charge in [-0.2, -0.15) is 0 Å². The van der Waals surface area contributed by atoms with Crippen LogP contribution in [0.2, 0.25) is 0 Å². The molecule has 0 saturated carbocycles. The van der Waals surface area contributed by atoms with Gasteiger partial charge in [0.25, 0.3) is 11.8 Å². The minimum absolute atomic E-state index is 0.0457. The van der Waals surface area contributed by atoms with Crippen LogP contribution in [0.3, 0.4) is 0 Å². The molecule has 7 heteroatoms. The Morgan fingerprint density at radius 3 is 2.79 bits per heavy atom. The van der Waals surface area contributed by atoms with E-state index < -0.39 is 0 Å². The molecule has 128 valence electrons. The minimum atomic E-state index is 0.0457. The molecule has 0 atom stereocenters. The van der Waals surface area contributed by atoms with Crippen LogP contribution in [0.4, 0.5) is 5.82 Å². The third-order valence-corrected chi connectivity index (χ3v) is 4.67. The fourth-order valence-corrected chi connectivity index (χ4v) is 3.42. The second-order valence-corrected chi connectivity index (χ2v) is 6.91. The van der Waals surface area contributed by atoms with Crippen LogP contribution in [0.1, 0.15) is 29.9 Å². The second-order valence-electron chi connectivity index (χ2n) is 5.96. The molecule has 0 aliphatic carbocycles. The number of rotatable bonds is 4. The number of carbonyl (C=O) groups excluding carboxylic acids is 1. The Labute approximate surface area is 146 Å². The van der Waals surface area contributed by atoms with Crippen molar-refractivity contribution in [1.82, 2.24) is 14.9 Å². The van der Waals surface area contributed by atoms with Crippen molar-refractivity contribution < 1.29 is 9.53 Å². The number of hydrogen-bond donors (Lipinski definition) is 0. The van der Waals surface area contributed by atoms with Gasteiger partial charge in [-0.15, -0.1) is 11.3 Å². The molecule has 0 radical (unpaired) electrons. The Morgan fingerprint density at radius 1 is 1.21 bits per heavy atom. The first-order chi connectivity index (χ1) is 11.6. The lowest BCUT2D eigenvalue weighted by atomic mass is 10.3. The maximum atomic E-state index is 12.5. The Balaban J connectivity index is 1.71. The van der Waals surface area contributed by atoms with Gasteiger partial charge in [-0.1, -0.05) is 6.07 Å². The van der Waals surface area contributed by atoms with E-state index in [4.69, 9.17) is 4.74 Å². The largest absolute Gasteiger partial charge is 0.472 e. The van der Waals surface area contributed by atoms with Crippen molar-refractivity contribution in [2.75, 3.05) is 31.1 Å². The van der Waals surface area contributed by atoms with Crippen LogP contribution in [0, 0.1) is 0 Å². The number of thiophene rings is 1. The predicted octanol–water partition coefficient (Wildman–Crippen LogP) is 2.68. The van der Waals surface area contributed by atoms with E-state index in [9.17, 15) is 4.79 Å². The molecule has 0 bridgehead atoms. The Bertz CT molecular complexity index is 675. The van der Waals surface area contributed by atoms with Gasteiger partial charge in [-0.25, -0.2) is 9.97 Å². The summed E-state index contributed by atoms with van der Waals surface area (Å²) in [7, 11) is 0. The topological polar surface area (TPSA) is 58.6 Å². The highest BCUT2D eigenvalue weighted by molar-refractivity contribution is 7.12. The van der Waals surface area contributed by atoms with Crippen LogP contribution < -0.4 is 9.64 Å². The van der Waals surface area contributed by atoms with Crippen molar-refractivity contribution in [1.29, 1.82) is 0 Å². The maximum absolute atomic E-state index is 12.5. The normalized spacial score (nSPS) is 15.5. The Hall–Kier alpha value is -2.15. The fraction of sp³-hybridized carbons (Fsp3) is 0.471. The van der Waals surface area contributed by atoms with Gasteiger partial charge < -0.3 is 14.5 Å². The van der Waals surface area contributed by atoms with Crippen molar-refractivity contribution in [2.24, 2.45) is 0 Å². The summed E-state index contributed by atoms with van der Waals surface area (Å²) in [4.78, 5) is 26.2. The zero-order valence-electron chi connectivity index (χ0n) is 14.0. The third-order valence-electron chi connectivity index (χ3n) is 3.81. The summed E-state index contributed by atoms with van der Waals surface area (Å²) in [6.07, 6.45) is 4.27. The van der Waals surface area contributed by atoms with Crippen molar-refractivity contribution in [3.8, 4) is 5.88 Å². The van der Waals surface area contributed by atoms with Gasteiger partial charge in [-0.3, -0.25) is 4.79 Å².